The van der Waals surface area contributed by atoms with Crippen LogP contribution in [0.25, 0.3) is 99.6 Å². The van der Waals surface area contributed by atoms with Gasteiger partial charge < -0.3 is 4.42 Å². The highest BCUT2D eigenvalue weighted by Crippen LogP contribution is 2.52. The van der Waals surface area contributed by atoms with Crippen molar-refractivity contribution in [1.82, 2.24) is 9.97 Å². The van der Waals surface area contributed by atoms with E-state index >= 15 is 0 Å². The molecule has 0 saturated heterocycles. The quantitative estimate of drug-likeness (QED) is 0.184. The first kappa shape index (κ1) is 30.8. The molecule has 0 aliphatic heterocycles. The Balaban J connectivity index is 1.11. The molecule has 0 bridgehead atoms. The maximum Gasteiger partial charge on any atom is 0.161 e. The highest BCUT2D eigenvalue weighted by molar-refractivity contribution is 6.10. The lowest BCUT2D eigenvalue weighted by Gasteiger charge is -2.21. The molecule has 54 heavy (non-hydrogen) atoms. The van der Waals surface area contributed by atoms with E-state index in [1.807, 2.05) is 18.2 Å². The molecule has 8 aromatic carbocycles. The molecule has 0 atom stereocenters. The van der Waals surface area contributed by atoms with Crippen LogP contribution in [0.1, 0.15) is 25.0 Å². The van der Waals surface area contributed by atoms with E-state index in [1.165, 1.54) is 49.5 Å². The molecule has 2 aromatic heterocycles. The smallest absolute Gasteiger partial charge is 0.161 e. The first-order valence-electron chi connectivity index (χ1n) is 18.6. The van der Waals surface area contributed by atoms with Crippen LogP contribution >= 0.6 is 0 Å². The van der Waals surface area contributed by atoms with Crippen LogP contribution in [0.2, 0.25) is 0 Å². The van der Waals surface area contributed by atoms with Crippen molar-refractivity contribution in [3.05, 3.63) is 181 Å². The fraction of sp³-hybridized carbons (Fsp3) is 0.0588. The molecule has 0 amide bonds. The minimum atomic E-state index is -0.0787. The monoisotopic (exact) mass is 690 g/mol. The number of hydrogen-bond donors (Lipinski definition) is 0. The Kier molecular flexibility index (Phi) is 6.60. The van der Waals surface area contributed by atoms with Crippen molar-refractivity contribution in [1.29, 1.82) is 0 Å². The van der Waals surface area contributed by atoms with Crippen LogP contribution in [0.4, 0.5) is 0 Å². The van der Waals surface area contributed by atoms with E-state index in [4.69, 9.17) is 14.4 Å². The summed E-state index contributed by atoms with van der Waals surface area (Å²) in [7, 11) is 0. The summed E-state index contributed by atoms with van der Waals surface area (Å²) in [5, 5.41) is 7.03. The van der Waals surface area contributed by atoms with Gasteiger partial charge in [0.1, 0.15) is 11.2 Å². The van der Waals surface area contributed by atoms with Gasteiger partial charge in [0.2, 0.25) is 0 Å². The predicted molar refractivity (Wildman–Crippen MR) is 224 cm³/mol. The molecule has 0 N–H and O–H groups in total. The largest absolute Gasteiger partial charge is 0.455 e. The van der Waals surface area contributed by atoms with E-state index < -0.39 is 0 Å². The van der Waals surface area contributed by atoms with E-state index in [-0.39, 0.29) is 5.41 Å². The molecule has 0 fully saturated rings. The Bertz CT molecular complexity index is 3130. The van der Waals surface area contributed by atoms with Gasteiger partial charge in [-0.15, -0.1) is 0 Å². The maximum atomic E-state index is 6.49. The molecule has 0 radical (unpaired) electrons. The molecule has 3 nitrogen and oxygen atoms in total. The first-order valence-corrected chi connectivity index (χ1v) is 18.6. The molecule has 1 aliphatic rings. The molecule has 254 valence electrons. The molecule has 0 unspecified atom stereocenters. The maximum absolute atomic E-state index is 6.49. The zero-order valence-corrected chi connectivity index (χ0v) is 30.0. The topological polar surface area (TPSA) is 38.9 Å². The van der Waals surface area contributed by atoms with Gasteiger partial charge >= 0.3 is 0 Å². The SMILES string of the molecule is CC1(C)c2ccc(-c3ccc(-c4nc(-c5ccccc5)cc(-c5cccc6c5oc5ccccc56)n4)c4ccccc34)cc2-c2c1ccc1ccccc21. The van der Waals surface area contributed by atoms with Gasteiger partial charge in [-0.3, -0.25) is 0 Å². The van der Waals surface area contributed by atoms with Crippen LogP contribution in [-0.2, 0) is 5.41 Å². The first-order chi connectivity index (χ1) is 26.5. The third kappa shape index (κ3) is 4.55. The van der Waals surface area contributed by atoms with Gasteiger partial charge in [0, 0.05) is 32.9 Å². The number of furan rings is 1. The van der Waals surface area contributed by atoms with Crippen LogP contribution in [0.5, 0.6) is 0 Å². The van der Waals surface area contributed by atoms with E-state index in [0.29, 0.717) is 5.82 Å². The summed E-state index contributed by atoms with van der Waals surface area (Å²) in [5.41, 5.74) is 14.1. The van der Waals surface area contributed by atoms with Crippen molar-refractivity contribution in [2.24, 2.45) is 0 Å². The normalized spacial score (nSPS) is 13.1. The highest BCUT2D eigenvalue weighted by Gasteiger charge is 2.36. The van der Waals surface area contributed by atoms with Gasteiger partial charge in [0.15, 0.2) is 5.82 Å². The van der Waals surface area contributed by atoms with Gasteiger partial charge in [0.05, 0.1) is 11.4 Å². The van der Waals surface area contributed by atoms with E-state index in [0.717, 1.165) is 55.4 Å². The summed E-state index contributed by atoms with van der Waals surface area (Å²) >= 11 is 0. The lowest BCUT2D eigenvalue weighted by molar-refractivity contribution is 0.661. The lowest BCUT2D eigenvalue weighted by Crippen LogP contribution is -2.14. The Morgan fingerprint density at radius 3 is 1.94 bits per heavy atom. The van der Waals surface area contributed by atoms with E-state index in [9.17, 15) is 0 Å². The zero-order chi connectivity index (χ0) is 36.0. The summed E-state index contributed by atoms with van der Waals surface area (Å²) in [6, 6.07) is 60.5. The molecule has 1 aliphatic carbocycles. The Morgan fingerprint density at radius 1 is 0.426 bits per heavy atom. The highest BCUT2D eigenvalue weighted by atomic mass is 16.3. The van der Waals surface area contributed by atoms with Gasteiger partial charge in [0.25, 0.3) is 0 Å². The van der Waals surface area contributed by atoms with E-state index in [2.05, 4.69) is 166 Å². The van der Waals surface area contributed by atoms with E-state index in [1.54, 1.807) is 0 Å². The Hall–Kier alpha value is -6.84. The fourth-order valence-electron chi connectivity index (χ4n) is 8.85. The van der Waals surface area contributed by atoms with Crippen LogP contribution in [-0.4, -0.2) is 9.97 Å². The number of aromatic nitrogens is 2. The van der Waals surface area contributed by atoms with Crippen LogP contribution in [0, 0.1) is 0 Å². The van der Waals surface area contributed by atoms with Crippen molar-refractivity contribution in [2.75, 3.05) is 0 Å². The van der Waals surface area contributed by atoms with Crippen molar-refractivity contribution < 1.29 is 4.42 Å². The standard InChI is InChI=1S/C51H34N2O/c1-51(2)43-27-24-33(29-42(43)48-35-16-7-6-13-31(35)23-28-44(48)51)34-25-26-40(37-18-9-8-17-36(34)37)50-52-45(32-14-4-3-5-15-32)30-46(53-50)41-21-12-20-39-38-19-10-11-22-47(38)54-49(39)41/h3-30H,1-2H3. The number of nitrogens with zero attached hydrogens (tertiary/aromatic N) is 2. The molecule has 0 spiro atoms. The molecule has 10 aromatic rings. The van der Waals surface area contributed by atoms with Gasteiger partial charge in [-0.1, -0.05) is 153 Å². The minimum Gasteiger partial charge on any atom is -0.455 e. The third-order valence-electron chi connectivity index (χ3n) is 11.5. The van der Waals surface area contributed by atoms with Gasteiger partial charge in [-0.2, -0.15) is 0 Å². The van der Waals surface area contributed by atoms with Gasteiger partial charge in [-0.25, -0.2) is 9.97 Å². The number of benzene rings is 8. The van der Waals surface area contributed by atoms with Gasteiger partial charge in [-0.05, 0) is 85.3 Å². The Labute approximate surface area is 313 Å². The van der Waals surface area contributed by atoms with Crippen molar-refractivity contribution in [3.8, 4) is 56.2 Å². The number of hydrogen-bond acceptors (Lipinski definition) is 3. The van der Waals surface area contributed by atoms with Crippen LogP contribution in [0.3, 0.4) is 0 Å². The van der Waals surface area contributed by atoms with Crippen LogP contribution < -0.4 is 0 Å². The second-order valence-corrected chi connectivity index (χ2v) is 14.9. The fourth-order valence-corrected chi connectivity index (χ4v) is 8.85. The average Bonchev–Trinajstić information content (AvgIpc) is 3.72. The second kappa shape index (κ2) is 11.6. The molecular weight excluding hydrogens is 657 g/mol. The minimum absolute atomic E-state index is 0.0787. The summed E-state index contributed by atoms with van der Waals surface area (Å²) in [5.74, 6) is 0.679. The lowest BCUT2D eigenvalue weighted by atomic mass is 9.81. The number of para-hydroxylation sites is 2. The number of fused-ring (bicyclic) bond motifs is 9. The average molecular weight is 691 g/mol. The summed E-state index contributed by atoms with van der Waals surface area (Å²) < 4.78 is 6.49. The van der Waals surface area contributed by atoms with Crippen molar-refractivity contribution in [3.63, 3.8) is 0 Å². The van der Waals surface area contributed by atoms with Crippen molar-refractivity contribution >= 4 is 43.5 Å². The summed E-state index contributed by atoms with van der Waals surface area (Å²) in [6.45, 7) is 4.70. The molecule has 0 saturated carbocycles. The Morgan fingerprint density at radius 2 is 1.09 bits per heavy atom. The summed E-state index contributed by atoms with van der Waals surface area (Å²) in [6.07, 6.45) is 0. The predicted octanol–water partition coefficient (Wildman–Crippen LogP) is 13.7. The second-order valence-electron chi connectivity index (χ2n) is 14.9. The number of rotatable bonds is 4. The molecule has 11 rings (SSSR count). The molecular formula is C51H34N2O. The zero-order valence-electron chi connectivity index (χ0n) is 30.0. The summed E-state index contributed by atoms with van der Waals surface area (Å²) in [4.78, 5) is 10.6. The third-order valence-corrected chi connectivity index (χ3v) is 11.5. The molecule has 3 heteroatoms. The van der Waals surface area contributed by atoms with Crippen LogP contribution in [0.15, 0.2) is 174 Å². The molecule has 2 heterocycles. The van der Waals surface area contributed by atoms with Crippen molar-refractivity contribution in [2.45, 2.75) is 19.3 Å².